The molecule has 0 amide bonds. The van der Waals surface area contributed by atoms with E-state index in [1.54, 1.807) is 0 Å². The van der Waals surface area contributed by atoms with Crippen LogP contribution < -0.4 is 10.7 Å². The van der Waals surface area contributed by atoms with Gasteiger partial charge in [-0.15, -0.1) is 0 Å². The predicted octanol–water partition coefficient (Wildman–Crippen LogP) is 11.7. The molecule has 0 aliphatic carbocycles. The predicted molar refractivity (Wildman–Crippen MR) is 207 cm³/mol. The number of hydrogen-bond acceptors (Lipinski definition) is 3. The Labute approximate surface area is 293 Å². The minimum absolute atomic E-state index is 0.874. The first-order valence-electron chi connectivity index (χ1n) is 17.3. The highest BCUT2D eigenvalue weighted by Gasteiger charge is 2.29. The summed E-state index contributed by atoms with van der Waals surface area (Å²) < 4.78 is 6.43. The highest BCUT2D eigenvalue weighted by molar-refractivity contribution is 6.16. The zero-order chi connectivity index (χ0) is 33.5. The van der Waals surface area contributed by atoms with Crippen LogP contribution in [-0.2, 0) is 0 Å². The highest BCUT2D eigenvalue weighted by atomic mass is 16.3. The van der Waals surface area contributed by atoms with Crippen LogP contribution in [0.25, 0.3) is 77.6 Å². The lowest BCUT2D eigenvalue weighted by atomic mass is 9.82. The first kappa shape index (κ1) is 28.0. The Bertz CT molecular complexity index is 3140. The Morgan fingerprint density at radius 3 is 1.92 bits per heavy atom. The van der Waals surface area contributed by atoms with Crippen molar-refractivity contribution in [2.45, 2.75) is 0 Å². The van der Waals surface area contributed by atoms with Gasteiger partial charge in [0.1, 0.15) is 11.2 Å². The van der Waals surface area contributed by atoms with Gasteiger partial charge in [0, 0.05) is 37.9 Å². The Kier molecular flexibility index (Phi) is 5.96. The fourth-order valence-electron chi connectivity index (χ4n) is 8.27. The second-order valence-corrected chi connectivity index (χ2v) is 13.2. The Morgan fingerprint density at radius 1 is 0.353 bits per heavy atom. The van der Waals surface area contributed by atoms with Crippen molar-refractivity contribution in [1.29, 1.82) is 0 Å². The average molecular weight is 649 g/mol. The summed E-state index contributed by atoms with van der Waals surface area (Å²) in [6, 6.07) is 60.2. The maximum atomic E-state index is 6.43. The van der Waals surface area contributed by atoms with E-state index >= 15 is 0 Å². The third-order valence-electron chi connectivity index (χ3n) is 10.4. The molecule has 2 aliphatic rings. The fraction of sp³-hybridized carbons (Fsp3) is 0. The van der Waals surface area contributed by atoms with Crippen LogP contribution in [0.3, 0.4) is 0 Å². The lowest BCUT2D eigenvalue weighted by Gasteiger charge is -2.21. The molecule has 0 saturated heterocycles. The summed E-state index contributed by atoms with van der Waals surface area (Å²) in [5, 5.41) is 6.48. The topological polar surface area (TPSA) is 37.9 Å². The average Bonchev–Trinajstić information content (AvgIpc) is 3.89. The maximum absolute atomic E-state index is 6.43. The summed E-state index contributed by atoms with van der Waals surface area (Å²) in [5.41, 5.74) is 15.2. The van der Waals surface area contributed by atoms with Crippen LogP contribution in [0.1, 0.15) is 0 Å². The molecule has 0 radical (unpaired) electrons. The molecule has 51 heavy (non-hydrogen) atoms. The molecule has 11 rings (SSSR count). The van der Waals surface area contributed by atoms with E-state index in [1.807, 2.05) is 6.07 Å². The number of furan rings is 1. The van der Waals surface area contributed by atoms with Crippen LogP contribution in [0.2, 0.25) is 0 Å². The van der Waals surface area contributed by atoms with E-state index in [4.69, 9.17) is 14.4 Å². The molecule has 0 N–H and O–H groups in total. The van der Waals surface area contributed by atoms with Crippen molar-refractivity contribution < 1.29 is 4.42 Å². The van der Waals surface area contributed by atoms with Crippen molar-refractivity contribution in [3.8, 4) is 55.6 Å². The van der Waals surface area contributed by atoms with Crippen molar-refractivity contribution in [3.63, 3.8) is 0 Å². The molecule has 9 aromatic rings. The van der Waals surface area contributed by atoms with Crippen LogP contribution in [0, 0.1) is 10.4 Å². The minimum atomic E-state index is 0.874. The molecule has 3 heteroatoms. The summed E-state index contributed by atoms with van der Waals surface area (Å²) >= 11 is 0. The van der Waals surface area contributed by atoms with E-state index in [1.165, 1.54) is 16.7 Å². The molecule has 0 unspecified atom stereocenters. The Hall–Kier alpha value is -6.84. The SMILES string of the molecule is c1ccc(-c2ccccc2-c2ccccc2-c2c(-c3cccc4oc5ccccc5c34)ccc3c2-c2c4c(ccc2=N3)=c2ccccc2=N4)cc1. The first-order chi connectivity index (χ1) is 25.3. The lowest BCUT2D eigenvalue weighted by molar-refractivity contribution is 0.669. The van der Waals surface area contributed by atoms with Gasteiger partial charge < -0.3 is 4.42 Å². The van der Waals surface area contributed by atoms with Crippen LogP contribution in [-0.4, -0.2) is 0 Å². The van der Waals surface area contributed by atoms with Gasteiger partial charge in [0.2, 0.25) is 0 Å². The zero-order valence-corrected chi connectivity index (χ0v) is 27.5. The van der Waals surface area contributed by atoms with Gasteiger partial charge in [-0.2, -0.15) is 0 Å². The quantitative estimate of drug-likeness (QED) is 0.187. The molecule has 3 heterocycles. The van der Waals surface area contributed by atoms with E-state index in [2.05, 4.69) is 164 Å². The number of fused-ring (bicyclic) bond motifs is 9. The molecule has 0 spiro atoms. The van der Waals surface area contributed by atoms with Crippen LogP contribution >= 0.6 is 0 Å². The van der Waals surface area contributed by atoms with Gasteiger partial charge in [-0.1, -0.05) is 133 Å². The van der Waals surface area contributed by atoms with Gasteiger partial charge in [0.05, 0.1) is 22.1 Å². The molecule has 8 aromatic carbocycles. The van der Waals surface area contributed by atoms with Crippen molar-refractivity contribution in [2.24, 2.45) is 9.98 Å². The second-order valence-electron chi connectivity index (χ2n) is 13.2. The second kappa shape index (κ2) is 10.8. The third-order valence-corrected chi connectivity index (χ3v) is 10.4. The molecule has 0 saturated carbocycles. The summed E-state index contributed by atoms with van der Waals surface area (Å²) in [5.74, 6) is 0. The molecule has 0 fully saturated rings. The number of para-hydroxylation sites is 2. The third kappa shape index (κ3) is 4.12. The molecule has 2 aliphatic heterocycles. The smallest absolute Gasteiger partial charge is 0.136 e. The van der Waals surface area contributed by atoms with Crippen molar-refractivity contribution in [1.82, 2.24) is 0 Å². The highest BCUT2D eigenvalue weighted by Crippen LogP contribution is 2.53. The van der Waals surface area contributed by atoms with Crippen molar-refractivity contribution >= 4 is 33.3 Å². The van der Waals surface area contributed by atoms with Crippen LogP contribution in [0.4, 0.5) is 11.4 Å². The number of hydrogen-bond donors (Lipinski definition) is 0. The molecule has 0 atom stereocenters. The minimum Gasteiger partial charge on any atom is -0.456 e. The zero-order valence-electron chi connectivity index (χ0n) is 27.5. The van der Waals surface area contributed by atoms with E-state index in [9.17, 15) is 0 Å². The summed E-state index contributed by atoms with van der Waals surface area (Å²) in [7, 11) is 0. The summed E-state index contributed by atoms with van der Waals surface area (Å²) in [4.78, 5) is 10.5. The number of benzene rings is 8. The Morgan fingerprint density at radius 2 is 1.04 bits per heavy atom. The van der Waals surface area contributed by atoms with E-state index in [0.717, 1.165) is 93.4 Å². The van der Waals surface area contributed by atoms with Gasteiger partial charge in [-0.3, -0.25) is 0 Å². The van der Waals surface area contributed by atoms with Gasteiger partial charge in [0.15, 0.2) is 0 Å². The lowest BCUT2D eigenvalue weighted by Crippen LogP contribution is -2.02. The van der Waals surface area contributed by atoms with Crippen molar-refractivity contribution in [2.75, 3.05) is 0 Å². The van der Waals surface area contributed by atoms with Crippen molar-refractivity contribution in [3.05, 3.63) is 191 Å². The monoisotopic (exact) mass is 648 g/mol. The molecule has 0 bridgehead atoms. The normalized spacial score (nSPS) is 12.2. The van der Waals surface area contributed by atoms with Gasteiger partial charge >= 0.3 is 0 Å². The fourth-order valence-corrected chi connectivity index (χ4v) is 8.27. The van der Waals surface area contributed by atoms with Crippen LogP contribution in [0.5, 0.6) is 0 Å². The maximum Gasteiger partial charge on any atom is 0.136 e. The van der Waals surface area contributed by atoms with Gasteiger partial charge in [-0.05, 0) is 75.3 Å². The van der Waals surface area contributed by atoms with E-state index in [-0.39, 0.29) is 0 Å². The largest absolute Gasteiger partial charge is 0.456 e. The van der Waals surface area contributed by atoms with Gasteiger partial charge in [-0.25, -0.2) is 9.98 Å². The molecular weight excluding hydrogens is 621 g/mol. The van der Waals surface area contributed by atoms with Gasteiger partial charge in [0.25, 0.3) is 0 Å². The number of rotatable bonds is 4. The molecular formula is C48H28N2O. The molecule has 3 nitrogen and oxygen atoms in total. The molecule has 236 valence electrons. The number of nitrogens with zero attached hydrogens (tertiary/aromatic N) is 2. The standard InChI is InChI=1S/C48H28N2O/c1-2-13-29(14-3-1)30-15-4-5-16-31(30)32-17-6-7-19-34(32)45-36(35-21-12-24-43-44(35)38-20-9-11-23-42(38)51-43)25-27-40-46(45)47-41(49-40)28-26-37-33-18-8-10-22-39(33)50-48(37)47/h1-28H. The molecule has 1 aromatic heterocycles. The summed E-state index contributed by atoms with van der Waals surface area (Å²) in [6.07, 6.45) is 0. The van der Waals surface area contributed by atoms with E-state index in [0.29, 0.717) is 0 Å². The van der Waals surface area contributed by atoms with Crippen LogP contribution in [0.15, 0.2) is 184 Å². The Balaban J connectivity index is 1.28. The first-order valence-corrected chi connectivity index (χ1v) is 17.3. The van der Waals surface area contributed by atoms with E-state index < -0.39 is 0 Å². The summed E-state index contributed by atoms with van der Waals surface area (Å²) in [6.45, 7) is 0.